The van der Waals surface area contributed by atoms with Gasteiger partial charge in [0.05, 0.1) is 11.4 Å². The molecule has 3 heteroatoms. The van der Waals surface area contributed by atoms with Crippen LogP contribution in [-0.4, -0.2) is 22.3 Å². The van der Waals surface area contributed by atoms with Gasteiger partial charge in [-0.2, -0.15) is 11.8 Å². The van der Waals surface area contributed by atoms with Gasteiger partial charge in [0.25, 0.3) is 0 Å². The second-order valence-electron chi connectivity index (χ2n) is 2.14. The fraction of sp³-hybridized carbons (Fsp3) is 0.375. The molecule has 1 heterocycles. The molecule has 11 heavy (non-hydrogen) atoms. The number of ketones is 1. The molecule has 0 saturated heterocycles. The first-order valence-electron chi connectivity index (χ1n) is 3.59. The monoisotopic (exact) mass is 169 g/mol. The number of aromatic amines is 1. The molecule has 0 amide bonds. The fourth-order valence-corrected chi connectivity index (χ4v) is 1.32. The Morgan fingerprint density at radius 2 is 2.55 bits per heavy atom. The van der Waals surface area contributed by atoms with Crippen molar-refractivity contribution in [2.45, 2.75) is 6.92 Å². The van der Waals surface area contributed by atoms with Crippen LogP contribution in [0.1, 0.15) is 17.4 Å². The third kappa shape index (κ3) is 2.42. The quantitative estimate of drug-likeness (QED) is 0.699. The summed E-state index contributed by atoms with van der Waals surface area (Å²) in [5.74, 6) is 1.76. The lowest BCUT2D eigenvalue weighted by molar-refractivity contribution is 0.101. The van der Waals surface area contributed by atoms with Crippen molar-refractivity contribution < 1.29 is 4.79 Å². The molecular weight excluding hydrogens is 158 g/mol. The third-order valence-corrected chi connectivity index (χ3v) is 2.21. The number of carbonyl (C=O) groups is 1. The Labute approximate surface area is 70.4 Å². The molecule has 0 spiro atoms. The predicted molar refractivity (Wildman–Crippen MR) is 48.1 cm³/mol. The average Bonchev–Trinajstić information content (AvgIpc) is 2.52. The van der Waals surface area contributed by atoms with E-state index in [1.807, 2.05) is 13.0 Å². The summed E-state index contributed by atoms with van der Waals surface area (Å²) in [6, 6.07) is 3.64. The first kappa shape index (κ1) is 8.40. The highest BCUT2D eigenvalue weighted by Crippen LogP contribution is 2.04. The van der Waals surface area contributed by atoms with Crippen LogP contribution in [0.5, 0.6) is 0 Å². The van der Waals surface area contributed by atoms with E-state index in [-0.39, 0.29) is 5.78 Å². The summed E-state index contributed by atoms with van der Waals surface area (Å²) in [6.45, 7) is 2.05. The van der Waals surface area contributed by atoms with E-state index in [9.17, 15) is 4.79 Å². The van der Waals surface area contributed by atoms with Gasteiger partial charge in [0.2, 0.25) is 0 Å². The summed E-state index contributed by atoms with van der Waals surface area (Å²) < 4.78 is 0. The summed E-state index contributed by atoms with van der Waals surface area (Å²) in [5, 5.41) is 0. The maximum absolute atomic E-state index is 11.2. The average molecular weight is 169 g/mol. The van der Waals surface area contributed by atoms with Crippen molar-refractivity contribution >= 4 is 17.5 Å². The van der Waals surface area contributed by atoms with Gasteiger partial charge < -0.3 is 4.98 Å². The molecule has 1 aromatic rings. The largest absolute Gasteiger partial charge is 0.359 e. The number of carbonyl (C=O) groups excluding carboxylic acids is 1. The second-order valence-corrected chi connectivity index (χ2v) is 3.42. The Hall–Kier alpha value is -0.700. The van der Waals surface area contributed by atoms with Crippen molar-refractivity contribution in [1.29, 1.82) is 0 Å². The van der Waals surface area contributed by atoms with Crippen molar-refractivity contribution in [3.8, 4) is 0 Å². The lowest BCUT2D eigenvalue weighted by atomic mass is 10.3. The minimum Gasteiger partial charge on any atom is -0.359 e. The third-order valence-electron chi connectivity index (χ3n) is 1.34. The number of aromatic nitrogens is 1. The van der Waals surface area contributed by atoms with Crippen LogP contribution < -0.4 is 0 Å². The fourth-order valence-electron chi connectivity index (χ4n) is 0.776. The highest BCUT2D eigenvalue weighted by molar-refractivity contribution is 7.99. The number of thioether (sulfide) groups is 1. The SMILES string of the molecule is CCSCC(=O)c1ccc[nH]1. The molecule has 0 unspecified atom stereocenters. The van der Waals surface area contributed by atoms with Crippen LogP contribution in [0, 0.1) is 0 Å². The number of hydrogen-bond acceptors (Lipinski definition) is 2. The van der Waals surface area contributed by atoms with Crippen LogP contribution in [0.4, 0.5) is 0 Å². The van der Waals surface area contributed by atoms with E-state index in [2.05, 4.69) is 4.98 Å². The molecule has 0 aliphatic rings. The molecule has 0 atom stereocenters. The lowest BCUT2D eigenvalue weighted by Gasteiger charge is -1.94. The normalized spacial score (nSPS) is 9.91. The molecular formula is C8H11NOS. The lowest BCUT2D eigenvalue weighted by Crippen LogP contribution is -2.02. The minimum absolute atomic E-state index is 0.182. The summed E-state index contributed by atoms with van der Waals surface area (Å²) >= 11 is 1.64. The van der Waals surface area contributed by atoms with E-state index in [1.165, 1.54) is 0 Å². The molecule has 0 aliphatic heterocycles. The van der Waals surface area contributed by atoms with Gasteiger partial charge >= 0.3 is 0 Å². The van der Waals surface area contributed by atoms with Crippen LogP contribution >= 0.6 is 11.8 Å². The summed E-state index contributed by atoms with van der Waals surface area (Å²) in [6.07, 6.45) is 1.77. The van der Waals surface area contributed by atoms with Gasteiger partial charge in [0, 0.05) is 6.20 Å². The van der Waals surface area contributed by atoms with Gasteiger partial charge in [-0.25, -0.2) is 0 Å². The molecule has 0 aromatic carbocycles. The number of Topliss-reactive ketones (excluding diaryl/α,β-unsaturated/α-hetero) is 1. The van der Waals surface area contributed by atoms with Crippen LogP contribution in [0.2, 0.25) is 0 Å². The second kappa shape index (κ2) is 4.23. The Kier molecular flexibility index (Phi) is 3.23. The van der Waals surface area contributed by atoms with Gasteiger partial charge in [0.1, 0.15) is 0 Å². The van der Waals surface area contributed by atoms with Crippen LogP contribution in [0.25, 0.3) is 0 Å². The number of nitrogens with one attached hydrogen (secondary N) is 1. The standard InChI is InChI=1S/C8H11NOS/c1-2-11-6-8(10)7-4-3-5-9-7/h3-5,9H,2,6H2,1H3. The van der Waals surface area contributed by atoms with Crippen LogP contribution in [-0.2, 0) is 0 Å². The summed E-state index contributed by atoms with van der Waals surface area (Å²) in [4.78, 5) is 14.1. The molecule has 1 rings (SSSR count). The zero-order valence-corrected chi connectivity index (χ0v) is 7.28. The van der Waals surface area contributed by atoms with E-state index in [1.54, 1.807) is 24.0 Å². The Morgan fingerprint density at radius 1 is 1.73 bits per heavy atom. The molecule has 0 bridgehead atoms. The number of H-pyrrole nitrogens is 1. The summed E-state index contributed by atoms with van der Waals surface area (Å²) in [5.41, 5.74) is 0.714. The zero-order valence-electron chi connectivity index (χ0n) is 6.46. The van der Waals surface area contributed by atoms with Crippen molar-refractivity contribution in [1.82, 2.24) is 4.98 Å². The van der Waals surface area contributed by atoms with Crippen LogP contribution in [0.3, 0.4) is 0 Å². The van der Waals surface area contributed by atoms with E-state index in [4.69, 9.17) is 0 Å². The molecule has 0 fully saturated rings. The van der Waals surface area contributed by atoms with Gasteiger partial charge in [-0.05, 0) is 17.9 Å². The van der Waals surface area contributed by atoms with E-state index >= 15 is 0 Å². The minimum atomic E-state index is 0.182. The maximum atomic E-state index is 11.2. The Bertz CT molecular complexity index is 218. The van der Waals surface area contributed by atoms with Crippen molar-refractivity contribution in [3.05, 3.63) is 24.0 Å². The number of rotatable bonds is 4. The van der Waals surface area contributed by atoms with Crippen molar-refractivity contribution in [2.24, 2.45) is 0 Å². The Balaban J connectivity index is 2.43. The smallest absolute Gasteiger partial charge is 0.188 e. The molecule has 2 nitrogen and oxygen atoms in total. The van der Waals surface area contributed by atoms with Crippen molar-refractivity contribution in [3.63, 3.8) is 0 Å². The van der Waals surface area contributed by atoms with E-state index < -0.39 is 0 Å². The molecule has 1 aromatic heterocycles. The van der Waals surface area contributed by atoms with E-state index in [0.717, 1.165) is 5.75 Å². The van der Waals surface area contributed by atoms with Gasteiger partial charge in [-0.15, -0.1) is 0 Å². The highest BCUT2D eigenvalue weighted by Gasteiger charge is 2.03. The highest BCUT2D eigenvalue weighted by atomic mass is 32.2. The number of hydrogen-bond donors (Lipinski definition) is 1. The molecule has 0 radical (unpaired) electrons. The molecule has 0 saturated carbocycles. The molecule has 60 valence electrons. The topological polar surface area (TPSA) is 32.9 Å². The summed E-state index contributed by atoms with van der Waals surface area (Å²) in [7, 11) is 0. The van der Waals surface area contributed by atoms with Crippen molar-refractivity contribution in [2.75, 3.05) is 11.5 Å². The van der Waals surface area contributed by atoms with Gasteiger partial charge in [-0.3, -0.25) is 4.79 Å². The zero-order chi connectivity index (χ0) is 8.10. The molecule has 0 aliphatic carbocycles. The first-order valence-corrected chi connectivity index (χ1v) is 4.74. The predicted octanol–water partition coefficient (Wildman–Crippen LogP) is 1.95. The molecule has 1 N–H and O–H groups in total. The van der Waals surface area contributed by atoms with E-state index in [0.29, 0.717) is 11.4 Å². The van der Waals surface area contributed by atoms with Gasteiger partial charge in [0.15, 0.2) is 5.78 Å². The van der Waals surface area contributed by atoms with Crippen LogP contribution in [0.15, 0.2) is 18.3 Å². The van der Waals surface area contributed by atoms with Gasteiger partial charge in [-0.1, -0.05) is 6.92 Å². The Morgan fingerprint density at radius 3 is 3.09 bits per heavy atom. The maximum Gasteiger partial charge on any atom is 0.188 e. The first-order chi connectivity index (χ1) is 5.34.